The van der Waals surface area contributed by atoms with Crippen molar-refractivity contribution in [3.8, 4) is 23.1 Å². The summed E-state index contributed by atoms with van der Waals surface area (Å²) >= 11 is 6.16. The summed E-state index contributed by atoms with van der Waals surface area (Å²) in [6.07, 6.45) is 6.71. The number of amides is 1. The van der Waals surface area contributed by atoms with E-state index in [0.29, 0.717) is 34.3 Å². The maximum absolute atomic E-state index is 13.0. The quantitative estimate of drug-likeness (QED) is 0.276. The lowest BCUT2D eigenvalue weighted by molar-refractivity contribution is -0.112. The van der Waals surface area contributed by atoms with Crippen LogP contribution in [0.2, 0.25) is 5.02 Å². The highest BCUT2D eigenvalue weighted by atomic mass is 35.5. The van der Waals surface area contributed by atoms with Crippen molar-refractivity contribution in [1.29, 1.82) is 5.26 Å². The number of hydrogen-bond acceptors (Lipinski definition) is 5. The third kappa shape index (κ3) is 5.57. The van der Waals surface area contributed by atoms with Crippen molar-refractivity contribution in [3.63, 3.8) is 0 Å². The van der Waals surface area contributed by atoms with Gasteiger partial charge in [0.25, 0.3) is 5.91 Å². The van der Waals surface area contributed by atoms with Crippen LogP contribution < -0.4 is 10.1 Å². The molecule has 0 atom stereocenters. The highest BCUT2D eigenvalue weighted by Crippen LogP contribution is 2.31. The zero-order valence-corrected chi connectivity index (χ0v) is 20.0. The summed E-state index contributed by atoms with van der Waals surface area (Å²) in [7, 11) is 1.49. The highest BCUT2D eigenvalue weighted by molar-refractivity contribution is 6.31. The number of halogens is 1. The van der Waals surface area contributed by atoms with Crippen LogP contribution in [0.5, 0.6) is 5.75 Å². The second-order valence-electron chi connectivity index (χ2n) is 7.78. The van der Waals surface area contributed by atoms with Crippen molar-refractivity contribution >= 4 is 29.3 Å². The Kier molecular flexibility index (Phi) is 7.24. The van der Waals surface area contributed by atoms with Gasteiger partial charge in [0, 0.05) is 40.8 Å². The number of carbonyl (C=O) groups is 1. The zero-order chi connectivity index (χ0) is 24.8. The van der Waals surface area contributed by atoms with Gasteiger partial charge in [-0.05, 0) is 42.3 Å². The van der Waals surface area contributed by atoms with Crippen LogP contribution in [0.25, 0.3) is 17.3 Å². The smallest absolute Gasteiger partial charge is 0.266 e. The molecule has 0 aliphatic rings. The second kappa shape index (κ2) is 10.7. The first kappa shape index (κ1) is 23.7. The third-order valence-corrected chi connectivity index (χ3v) is 5.71. The van der Waals surface area contributed by atoms with Gasteiger partial charge in [-0.2, -0.15) is 10.4 Å². The SMILES string of the molecule is COc1cc(Cl)c(C)cc1NC(=O)/C(C#N)=C/c1cn(Cc2ccccc2)nc1-c1cccnc1. The van der Waals surface area contributed by atoms with Gasteiger partial charge in [0.2, 0.25) is 0 Å². The van der Waals surface area contributed by atoms with Crippen molar-refractivity contribution in [2.24, 2.45) is 0 Å². The molecule has 1 amide bonds. The fourth-order valence-corrected chi connectivity index (χ4v) is 3.70. The van der Waals surface area contributed by atoms with Gasteiger partial charge in [0.15, 0.2) is 0 Å². The molecule has 2 heterocycles. The van der Waals surface area contributed by atoms with Crippen LogP contribution in [0.1, 0.15) is 16.7 Å². The number of pyridine rings is 1. The first-order valence-corrected chi connectivity index (χ1v) is 11.2. The fraction of sp³-hybridized carbons (Fsp3) is 0.111. The molecule has 0 saturated carbocycles. The summed E-state index contributed by atoms with van der Waals surface area (Å²) in [4.78, 5) is 17.2. The van der Waals surface area contributed by atoms with Crippen molar-refractivity contribution in [2.75, 3.05) is 12.4 Å². The van der Waals surface area contributed by atoms with Crippen LogP contribution in [0, 0.1) is 18.3 Å². The molecule has 0 saturated heterocycles. The maximum Gasteiger partial charge on any atom is 0.266 e. The summed E-state index contributed by atoms with van der Waals surface area (Å²) in [5.74, 6) is -0.168. The molecule has 0 aliphatic carbocycles. The first-order chi connectivity index (χ1) is 17.0. The van der Waals surface area contributed by atoms with E-state index in [4.69, 9.17) is 21.4 Å². The molecular formula is C27H22ClN5O2. The van der Waals surface area contributed by atoms with E-state index in [-0.39, 0.29) is 5.57 Å². The van der Waals surface area contributed by atoms with E-state index in [1.807, 2.05) is 61.7 Å². The Morgan fingerprint density at radius 1 is 1.23 bits per heavy atom. The van der Waals surface area contributed by atoms with Gasteiger partial charge in [0.1, 0.15) is 23.1 Å². The number of hydrogen-bond donors (Lipinski definition) is 1. The van der Waals surface area contributed by atoms with Gasteiger partial charge in [-0.1, -0.05) is 41.9 Å². The van der Waals surface area contributed by atoms with Crippen LogP contribution in [0.15, 0.2) is 78.8 Å². The topological polar surface area (TPSA) is 92.8 Å². The fourth-order valence-electron chi connectivity index (χ4n) is 3.54. The summed E-state index contributed by atoms with van der Waals surface area (Å²) < 4.78 is 7.11. The normalized spacial score (nSPS) is 11.1. The molecule has 0 bridgehead atoms. The van der Waals surface area contributed by atoms with Gasteiger partial charge in [0.05, 0.1) is 19.3 Å². The molecule has 35 heavy (non-hydrogen) atoms. The Bertz CT molecular complexity index is 1420. The summed E-state index contributed by atoms with van der Waals surface area (Å²) in [6, 6.07) is 18.9. The van der Waals surface area contributed by atoms with Crippen LogP contribution >= 0.6 is 11.6 Å². The molecule has 8 heteroatoms. The lowest BCUT2D eigenvalue weighted by Gasteiger charge is -2.12. The summed E-state index contributed by atoms with van der Waals surface area (Å²) in [6.45, 7) is 2.36. The average Bonchev–Trinajstić information content (AvgIpc) is 3.27. The first-order valence-electron chi connectivity index (χ1n) is 10.8. The van der Waals surface area contributed by atoms with Crippen molar-refractivity contribution < 1.29 is 9.53 Å². The number of ether oxygens (including phenoxy) is 1. The number of nitrogens with zero attached hydrogens (tertiary/aromatic N) is 4. The van der Waals surface area contributed by atoms with Crippen molar-refractivity contribution in [2.45, 2.75) is 13.5 Å². The molecule has 0 radical (unpaired) electrons. The molecule has 2 aromatic carbocycles. The van der Waals surface area contributed by atoms with E-state index < -0.39 is 5.91 Å². The minimum absolute atomic E-state index is 0.0796. The van der Waals surface area contributed by atoms with E-state index in [1.165, 1.54) is 13.2 Å². The van der Waals surface area contributed by atoms with Crippen molar-refractivity contribution in [3.05, 3.63) is 100 Å². The number of aryl methyl sites for hydroxylation is 1. The van der Waals surface area contributed by atoms with Crippen LogP contribution in [0.4, 0.5) is 5.69 Å². The number of aromatic nitrogens is 3. The average molecular weight is 484 g/mol. The lowest BCUT2D eigenvalue weighted by atomic mass is 10.1. The number of carbonyl (C=O) groups excluding carboxylic acids is 1. The lowest BCUT2D eigenvalue weighted by Crippen LogP contribution is -2.14. The molecular weight excluding hydrogens is 462 g/mol. The van der Waals surface area contributed by atoms with E-state index in [9.17, 15) is 10.1 Å². The molecule has 0 spiro atoms. The maximum atomic E-state index is 13.0. The number of rotatable bonds is 7. The van der Waals surface area contributed by atoms with E-state index in [2.05, 4.69) is 10.3 Å². The Morgan fingerprint density at radius 3 is 2.71 bits per heavy atom. The molecule has 174 valence electrons. The molecule has 1 N–H and O–H groups in total. The minimum Gasteiger partial charge on any atom is -0.495 e. The van der Waals surface area contributed by atoms with Crippen LogP contribution in [-0.4, -0.2) is 27.8 Å². The Balaban J connectivity index is 1.70. The largest absolute Gasteiger partial charge is 0.495 e. The molecule has 2 aromatic heterocycles. The van der Waals surface area contributed by atoms with E-state index in [0.717, 1.165) is 16.7 Å². The van der Waals surface area contributed by atoms with E-state index in [1.54, 1.807) is 29.2 Å². The van der Waals surface area contributed by atoms with E-state index >= 15 is 0 Å². The monoisotopic (exact) mass is 483 g/mol. The number of benzene rings is 2. The van der Waals surface area contributed by atoms with Crippen LogP contribution in [-0.2, 0) is 11.3 Å². The number of nitriles is 1. The summed E-state index contributed by atoms with van der Waals surface area (Å²) in [5, 5.41) is 17.8. The van der Waals surface area contributed by atoms with Gasteiger partial charge >= 0.3 is 0 Å². The number of methoxy groups -OCH3 is 1. The molecule has 0 aliphatic heterocycles. The Morgan fingerprint density at radius 2 is 2.03 bits per heavy atom. The Labute approximate surface area is 208 Å². The molecule has 0 unspecified atom stereocenters. The van der Waals surface area contributed by atoms with Gasteiger partial charge < -0.3 is 10.1 Å². The number of nitrogens with one attached hydrogen (secondary N) is 1. The summed E-state index contributed by atoms with van der Waals surface area (Å²) in [5.41, 5.74) is 4.21. The third-order valence-electron chi connectivity index (χ3n) is 5.31. The predicted molar refractivity (Wildman–Crippen MR) is 136 cm³/mol. The zero-order valence-electron chi connectivity index (χ0n) is 19.2. The number of anilines is 1. The second-order valence-corrected chi connectivity index (χ2v) is 8.19. The van der Waals surface area contributed by atoms with Gasteiger partial charge in [-0.15, -0.1) is 0 Å². The van der Waals surface area contributed by atoms with Gasteiger partial charge in [-0.3, -0.25) is 14.5 Å². The predicted octanol–water partition coefficient (Wildman–Crippen LogP) is 5.51. The molecule has 4 aromatic rings. The minimum atomic E-state index is -0.569. The molecule has 4 rings (SSSR count). The van der Waals surface area contributed by atoms with Crippen molar-refractivity contribution in [1.82, 2.24) is 14.8 Å². The standard InChI is InChI=1S/C27H22ClN5O2/c1-18-11-24(25(35-2)13-23(18)28)31-27(34)21(14-29)12-22-17-33(16-19-7-4-3-5-8-19)32-26(22)20-9-6-10-30-15-20/h3-13,15,17H,16H2,1-2H3,(H,31,34)/b21-12+. The Hall–Kier alpha value is -4.41. The molecule has 7 nitrogen and oxygen atoms in total. The van der Waals surface area contributed by atoms with Crippen LogP contribution in [0.3, 0.4) is 0 Å². The van der Waals surface area contributed by atoms with Gasteiger partial charge in [-0.25, -0.2) is 0 Å². The molecule has 0 fully saturated rings. The highest BCUT2D eigenvalue weighted by Gasteiger charge is 2.17.